The molecule has 0 unspecified atom stereocenters. The van der Waals surface area contributed by atoms with Gasteiger partial charge in [-0.3, -0.25) is 0 Å². The van der Waals surface area contributed by atoms with E-state index in [-0.39, 0.29) is 5.56 Å². The van der Waals surface area contributed by atoms with Crippen LogP contribution in [0.2, 0.25) is 0 Å². The molecular weight excluding hydrogens is 272 g/mol. The molecule has 0 aliphatic carbocycles. The van der Waals surface area contributed by atoms with Gasteiger partial charge in [-0.1, -0.05) is 26.0 Å². The number of carbonyl (C=O) groups is 1. The van der Waals surface area contributed by atoms with Crippen LogP contribution in [0.15, 0.2) is 24.3 Å². The van der Waals surface area contributed by atoms with E-state index in [0.29, 0.717) is 44.5 Å². The Labute approximate surface area is 125 Å². The van der Waals surface area contributed by atoms with Crippen molar-refractivity contribution in [2.45, 2.75) is 20.3 Å². The van der Waals surface area contributed by atoms with Crippen molar-refractivity contribution in [2.75, 3.05) is 33.0 Å². The molecule has 118 valence electrons. The maximum atomic E-state index is 11.0. The van der Waals surface area contributed by atoms with Crippen LogP contribution in [0, 0.1) is 5.92 Å². The number of rotatable bonds is 11. The first kappa shape index (κ1) is 17.5. The van der Waals surface area contributed by atoms with Crippen LogP contribution >= 0.6 is 0 Å². The molecule has 0 spiro atoms. The largest absolute Gasteiger partial charge is 0.493 e. The van der Waals surface area contributed by atoms with E-state index >= 15 is 0 Å². The molecule has 5 heteroatoms. The molecule has 1 aromatic rings. The third kappa shape index (κ3) is 7.68. The molecule has 0 fully saturated rings. The third-order valence-electron chi connectivity index (χ3n) is 2.63. The summed E-state index contributed by atoms with van der Waals surface area (Å²) < 4.78 is 16.3. The Kier molecular flexibility index (Phi) is 8.47. The number of hydrogen-bond acceptors (Lipinski definition) is 4. The van der Waals surface area contributed by atoms with Gasteiger partial charge in [0.2, 0.25) is 0 Å². The fourth-order valence-electron chi connectivity index (χ4n) is 1.65. The molecule has 0 aromatic heterocycles. The first-order valence-electron chi connectivity index (χ1n) is 7.22. The number of benzene rings is 1. The third-order valence-corrected chi connectivity index (χ3v) is 2.63. The van der Waals surface area contributed by atoms with Gasteiger partial charge in [-0.2, -0.15) is 0 Å². The van der Waals surface area contributed by atoms with Crippen molar-refractivity contribution in [3.05, 3.63) is 29.8 Å². The van der Waals surface area contributed by atoms with E-state index in [1.165, 1.54) is 6.07 Å². The predicted octanol–water partition coefficient (Wildman–Crippen LogP) is 2.84. The van der Waals surface area contributed by atoms with Crippen molar-refractivity contribution < 1.29 is 24.1 Å². The molecule has 0 saturated heterocycles. The van der Waals surface area contributed by atoms with Crippen molar-refractivity contribution in [1.82, 2.24) is 0 Å². The van der Waals surface area contributed by atoms with E-state index in [1.807, 2.05) is 0 Å². The Balaban J connectivity index is 2.08. The molecule has 0 aliphatic heterocycles. The van der Waals surface area contributed by atoms with Crippen LogP contribution in [0.25, 0.3) is 0 Å². The standard InChI is InChI=1S/C16H24O5/c1-13(2)12-20-11-10-19-8-5-9-21-15-7-4-3-6-14(15)16(17)18/h3-4,6-7,13H,5,8-12H2,1-2H3,(H,17,18). The zero-order valence-corrected chi connectivity index (χ0v) is 12.7. The summed E-state index contributed by atoms with van der Waals surface area (Å²) in [7, 11) is 0. The average Bonchev–Trinajstić information content (AvgIpc) is 2.45. The van der Waals surface area contributed by atoms with Crippen LogP contribution in [0.3, 0.4) is 0 Å². The van der Waals surface area contributed by atoms with Gasteiger partial charge in [0, 0.05) is 19.6 Å². The van der Waals surface area contributed by atoms with Crippen molar-refractivity contribution in [2.24, 2.45) is 5.92 Å². The first-order chi connectivity index (χ1) is 10.1. The topological polar surface area (TPSA) is 65.0 Å². The summed E-state index contributed by atoms with van der Waals surface area (Å²) in [6.45, 7) is 7.12. The van der Waals surface area contributed by atoms with Crippen molar-refractivity contribution in [1.29, 1.82) is 0 Å². The highest BCUT2D eigenvalue weighted by Gasteiger charge is 2.09. The van der Waals surface area contributed by atoms with Gasteiger partial charge in [0.1, 0.15) is 11.3 Å². The van der Waals surface area contributed by atoms with E-state index in [2.05, 4.69) is 13.8 Å². The summed E-state index contributed by atoms with van der Waals surface area (Å²) in [6, 6.07) is 6.62. The van der Waals surface area contributed by atoms with Gasteiger partial charge in [0.25, 0.3) is 0 Å². The van der Waals surface area contributed by atoms with E-state index in [0.717, 1.165) is 6.61 Å². The Morgan fingerprint density at radius 3 is 2.52 bits per heavy atom. The Morgan fingerprint density at radius 2 is 1.81 bits per heavy atom. The first-order valence-corrected chi connectivity index (χ1v) is 7.22. The molecule has 1 rings (SSSR count). The SMILES string of the molecule is CC(C)COCCOCCCOc1ccccc1C(=O)O. The molecule has 0 bridgehead atoms. The van der Waals surface area contributed by atoms with Crippen LogP contribution < -0.4 is 4.74 Å². The summed E-state index contributed by atoms with van der Waals surface area (Å²) >= 11 is 0. The molecule has 0 radical (unpaired) electrons. The minimum absolute atomic E-state index is 0.181. The molecule has 0 saturated carbocycles. The predicted molar refractivity (Wildman–Crippen MR) is 80.0 cm³/mol. The molecule has 5 nitrogen and oxygen atoms in total. The van der Waals surface area contributed by atoms with Crippen LogP contribution in [-0.4, -0.2) is 44.1 Å². The monoisotopic (exact) mass is 296 g/mol. The van der Waals surface area contributed by atoms with Gasteiger partial charge in [-0.15, -0.1) is 0 Å². The summed E-state index contributed by atoms with van der Waals surface area (Å²) in [5.74, 6) is -0.0536. The van der Waals surface area contributed by atoms with Crippen LogP contribution in [0.1, 0.15) is 30.6 Å². The minimum atomic E-state index is -0.982. The number of ether oxygens (including phenoxy) is 3. The fourth-order valence-corrected chi connectivity index (χ4v) is 1.65. The quantitative estimate of drug-likeness (QED) is 0.636. The number of aromatic carboxylic acids is 1. The summed E-state index contributed by atoms with van der Waals surface area (Å²) in [5, 5.41) is 9.01. The zero-order valence-electron chi connectivity index (χ0n) is 12.7. The number of para-hydroxylation sites is 1. The van der Waals surface area contributed by atoms with E-state index in [9.17, 15) is 4.79 Å². The Morgan fingerprint density at radius 1 is 1.10 bits per heavy atom. The lowest BCUT2D eigenvalue weighted by molar-refractivity contribution is 0.0343. The summed E-state index contributed by atoms with van der Waals surface area (Å²) in [4.78, 5) is 11.0. The molecule has 0 amide bonds. The minimum Gasteiger partial charge on any atom is -0.493 e. The fraction of sp³-hybridized carbons (Fsp3) is 0.562. The van der Waals surface area contributed by atoms with Gasteiger partial charge < -0.3 is 19.3 Å². The van der Waals surface area contributed by atoms with Gasteiger partial charge in [-0.05, 0) is 18.1 Å². The normalized spacial score (nSPS) is 10.8. The number of hydrogen-bond donors (Lipinski definition) is 1. The van der Waals surface area contributed by atoms with Gasteiger partial charge in [-0.25, -0.2) is 4.79 Å². The molecular formula is C16H24O5. The highest BCUT2D eigenvalue weighted by Crippen LogP contribution is 2.17. The highest BCUT2D eigenvalue weighted by molar-refractivity contribution is 5.90. The maximum absolute atomic E-state index is 11.0. The van der Waals surface area contributed by atoms with Gasteiger partial charge in [0.15, 0.2) is 0 Å². The number of carboxylic acids is 1. The molecule has 21 heavy (non-hydrogen) atoms. The smallest absolute Gasteiger partial charge is 0.339 e. The average molecular weight is 296 g/mol. The van der Waals surface area contributed by atoms with Gasteiger partial charge >= 0.3 is 5.97 Å². The summed E-state index contributed by atoms with van der Waals surface area (Å²) in [5.41, 5.74) is 0.181. The van der Waals surface area contributed by atoms with Crippen LogP contribution in [-0.2, 0) is 9.47 Å². The van der Waals surface area contributed by atoms with Crippen LogP contribution in [0.4, 0.5) is 0 Å². The molecule has 0 aliphatic rings. The lowest BCUT2D eigenvalue weighted by atomic mass is 10.2. The second kappa shape index (κ2) is 10.2. The molecule has 1 N–H and O–H groups in total. The molecule has 1 aromatic carbocycles. The molecule has 0 heterocycles. The molecule has 0 atom stereocenters. The van der Waals surface area contributed by atoms with Crippen molar-refractivity contribution in [3.63, 3.8) is 0 Å². The zero-order chi connectivity index (χ0) is 15.5. The lowest BCUT2D eigenvalue weighted by Crippen LogP contribution is -2.11. The maximum Gasteiger partial charge on any atom is 0.339 e. The summed E-state index contributed by atoms with van der Waals surface area (Å²) in [6.07, 6.45) is 0.706. The van der Waals surface area contributed by atoms with E-state index in [1.54, 1.807) is 18.2 Å². The van der Waals surface area contributed by atoms with Crippen LogP contribution in [0.5, 0.6) is 5.75 Å². The van der Waals surface area contributed by atoms with Crippen molar-refractivity contribution >= 4 is 5.97 Å². The van der Waals surface area contributed by atoms with Crippen molar-refractivity contribution in [3.8, 4) is 5.75 Å². The number of carboxylic acid groups (broad SMARTS) is 1. The van der Waals surface area contributed by atoms with E-state index in [4.69, 9.17) is 19.3 Å². The highest BCUT2D eigenvalue weighted by atomic mass is 16.5. The van der Waals surface area contributed by atoms with Gasteiger partial charge in [0.05, 0.1) is 19.8 Å². The second-order valence-electron chi connectivity index (χ2n) is 5.08. The van der Waals surface area contributed by atoms with E-state index < -0.39 is 5.97 Å². The lowest BCUT2D eigenvalue weighted by Gasteiger charge is -2.10. The Bertz CT molecular complexity index is 417. The second-order valence-corrected chi connectivity index (χ2v) is 5.08. The Hall–Kier alpha value is -1.59.